The van der Waals surface area contributed by atoms with Crippen LogP contribution in [-0.2, 0) is 6.42 Å². The Labute approximate surface area is 85.0 Å². The summed E-state index contributed by atoms with van der Waals surface area (Å²) < 4.78 is 0. The van der Waals surface area contributed by atoms with Crippen molar-refractivity contribution in [3.63, 3.8) is 0 Å². The van der Waals surface area contributed by atoms with Crippen LogP contribution in [-0.4, -0.2) is 11.4 Å². The molecule has 1 aromatic carbocycles. The number of rotatable bonds is 3. The maximum absolute atomic E-state index is 7.65. The second kappa shape index (κ2) is 4.18. The summed E-state index contributed by atoms with van der Waals surface area (Å²) in [6, 6.07) is 6.12. The molecule has 1 rings (SSSR count). The van der Waals surface area contributed by atoms with Crippen LogP contribution in [0.5, 0.6) is 0 Å². The SMILES string of the molecule is CC(=N)C(=N)Cc1c(C)cccc1C. The van der Waals surface area contributed by atoms with Gasteiger partial charge in [-0.15, -0.1) is 0 Å². The van der Waals surface area contributed by atoms with Crippen LogP contribution in [0, 0.1) is 24.7 Å². The van der Waals surface area contributed by atoms with Crippen molar-refractivity contribution in [3.8, 4) is 0 Å². The van der Waals surface area contributed by atoms with Crippen molar-refractivity contribution in [2.75, 3.05) is 0 Å². The van der Waals surface area contributed by atoms with Crippen LogP contribution in [0.15, 0.2) is 18.2 Å². The molecule has 74 valence electrons. The number of benzene rings is 1. The number of aryl methyl sites for hydroxylation is 2. The van der Waals surface area contributed by atoms with E-state index >= 15 is 0 Å². The van der Waals surface area contributed by atoms with Crippen LogP contribution in [0.2, 0.25) is 0 Å². The van der Waals surface area contributed by atoms with E-state index in [9.17, 15) is 0 Å². The topological polar surface area (TPSA) is 47.7 Å². The molecule has 0 aromatic heterocycles. The molecule has 2 N–H and O–H groups in total. The fourth-order valence-electron chi connectivity index (χ4n) is 1.44. The van der Waals surface area contributed by atoms with Gasteiger partial charge in [-0.25, -0.2) is 0 Å². The monoisotopic (exact) mass is 188 g/mol. The highest BCUT2D eigenvalue weighted by Crippen LogP contribution is 2.14. The average molecular weight is 188 g/mol. The van der Waals surface area contributed by atoms with Gasteiger partial charge in [-0.2, -0.15) is 0 Å². The first-order chi connectivity index (χ1) is 6.52. The Morgan fingerprint density at radius 1 is 1.14 bits per heavy atom. The van der Waals surface area contributed by atoms with Gasteiger partial charge in [0.15, 0.2) is 0 Å². The fraction of sp³-hybridized carbons (Fsp3) is 0.333. The summed E-state index contributed by atoms with van der Waals surface area (Å²) in [5.41, 5.74) is 4.35. The molecule has 0 amide bonds. The molecule has 1 aromatic rings. The molecular weight excluding hydrogens is 172 g/mol. The normalized spacial score (nSPS) is 9.93. The quantitative estimate of drug-likeness (QED) is 0.685. The van der Waals surface area contributed by atoms with E-state index in [1.165, 1.54) is 16.7 Å². The zero-order valence-electron chi connectivity index (χ0n) is 8.94. The molecule has 2 heteroatoms. The van der Waals surface area contributed by atoms with E-state index in [1.54, 1.807) is 6.92 Å². The van der Waals surface area contributed by atoms with E-state index in [-0.39, 0.29) is 0 Å². The molecule has 0 bridgehead atoms. The summed E-state index contributed by atoms with van der Waals surface area (Å²) >= 11 is 0. The first-order valence-corrected chi connectivity index (χ1v) is 4.70. The van der Waals surface area contributed by atoms with Crippen molar-refractivity contribution in [2.24, 2.45) is 0 Å². The zero-order valence-corrected chi connectivity index (χ0v) is 8.94. The van der Waals surface area contributed by atoms with Crippen molar-refractivity contribution >= 4 is 11.4 Å². The highest BCUT2D eigenvalue weighted by molar-refractivity contribution is 6.39. The van der Waals surface area contributed by atoms with E-state index in [1.807, 2.05) is 6.07 Å². The van der Waals surface area contributed by atoms with Crippen LogP contribution in [0.25, 0.3) is 0 Å². The van der Waals surface area contributed by atoms with Crippen LogP contribution >= 0.6 is 0 Å². The Morgan fingerprint density at radius 3 is 2.07 bits per heavy atom. The van der Waals surface area contributed by atoms with E-state index < -0.39 is 0 Å². The molecule has 0 atom stereocenters. The Balaban J connectivity index is 2.97. The van der Waals surface area contributed by atoms with Gasteiger partial charge in [0.25, 0.3) is 0 Å². The summed E-state index contributed by atoms with van der Waals surface area (Å²) in [6.45, 7) is 5.76. The molecule has 0 aliphatic carbocycles. The molecular formula is C12H16N2. The van der Waals surface area contributed by atoms with E-state index in [2.05, 4.69) is 26.0 Å². The Bertz CT molecular complexity index is 358. The van der Waals surface area contributed by atoms with Crippen molar-refractivity contribution in [2.45, 2.75) is 27.2 Å². The third kappa shape index (κ3) is 2.28. The third-order valence-corrected chi connectivity index (χ3v) is 2.45. The van der Waals surface area contributed by atoms with Crippen molar-refractivity contribution in [1.29, 1.82) is 10.8 Å². The summed E-state index contributed by atoms with van der Waals surface area (Å²) in [5, 5.41) is 15.0. The highest BCUT2D eigenvalue weighted by atomic mass is 14.5. The molecule has 0 radical (unpaired) electrons. The maximum atomic E-state index is 7.65. The molecule has 14 heavy (non-hydrogen) atoms. The Kier molecular flexibility index (Phi) is 3.18. The van der Waals surface area contributed by atoms with Gasteiger partial charge in [-0.3, -0.25) is 0 Å². The van der Waals surface area contributed by atoms with Crippen molar-refractivity contribution in [1.82, 2.24) is 0 Å². The highest BCUT2D eigenvalue weighted by Gasteiger charge is 2.06. The minimum atomic E-state index is 0.354. The van der Waals surface area contributed by atoms with Crippen molar-refractivity contribution < 1.29 is 0 Å². The van der Waals surface area contributed by atoms with Gasteiger partial charge >= 0.3 is 0 Å². The van der Waals surface area contributed by atoms with Gasteiger partial charge in [-0.1, -0.05) is 18.2 Å². The van der Waals surface area contributed by atoms with Gasteiger partial charge in [0.05, 0.1) is 5.71 Å². The van der Waals surface area contributed by atoms with Gasteiger partial charge in [0.2, 0.25) is 0 Å². The standard InChI is InChI=1S/C12H16N2/c1-8-5-4-6-9(2)11(8)7-12(14)10(3)13/h4-6,13-14H,7H2,1-3H3. The number of nitrogens with one attached hydrogen (secondary N) is 2. The van der Waals surface area contributed by atoms with Gasteiger partial charge < -0.3 is 10.8 Å². The summed E-state index contributed by atoms with van der Waals surface area (Å²) in [6.07, 6.45) is 0.577. The molecule has 0 saturated heterocycles. The molecule has 0 fully saturated rings. The van der Waals surface area contributed by atoms with Crippen LogP contribution in [0.3, 0.4) is 0 Å². The first kappa shape index (κ1) is 10.6. The predicted molar refractivity (Wildman–Crippen MR) is 60.7 cm³/mol. The molecule has 0 saturated carbocycles. The maximum Gasteiger partial charge on any atom is 0.0562 e. The fourth-order valence-corrected chi connectivity index (χ4v) is 1.44. The van der Waals surface area contributed by atoms with Gasteiger partial charge in [0.1, 0.15) is 0 Å². The lowest BCUT2D eigenvalue weighted by Crippen LogP contribution is -2.12. The molecule has 0 spiro atoms. The molecule has 0 aliphatic heterocycles. The summed E-state index contributed by atoms with van der Waals surface area (Å²) in [7, 11) is 0. The third-order valence-electron chi connectivity index (χ3n) is 2.45. The molecule has 0 aliphatic rings. The van der Waals surface area contributed by atoms with Crippen molar-refractivity contribution in [3.05, 3.63) is 34.9 Å². The summed E-state index contributed by atoms with van der Waals surface area (Å²) in [5.74, 6) is 0. The van der Waals surface area contributed by atoms with Gasteiger partial charge in [-0.05, 0) is 37.5 Å². The molecule has 0 heterocycles. The van der Waals surface area contributed by atoms with E-state index in [0.717, 1.165) is 0 Å². The largest absolute Gasteiger partial charge is 0.304 e. The van der Waals surface area contributed by atoms with Crippen LogP contribution < -0.4 is 0 Å². The number of hydrogen-bond acceptors (Lipinski definition) is 2. The lowest BCUT2D eigenvalue weighted by atomic mass is 9.97. The summed E-state index contributed by atoms with van der Waals surface area (Å²) in [4.78, 5) is 0. The second-order valence-corrected chi connectivity index (χ2v) is 3.65. The Hall–Kier alpha value is -1.44. The minimum absolute atomic E-state index is 0.354. The smallest absolute Gasteiger partial charge is 0.0562 e. The van der Waals surface area contributed by atoms with E-state index in [4.69, 9.17) is 10.8 Å². The number of hydrogen-bond donors (Lipinski definition) is 2. The van der Waals surface area contributed by atoms with Crippen LogP contribution in [0.1, 0.15) is 23.6 Å². The second-order valence-electron chi connectivity index (χ2n) is 3.65. The van der Waals surface area contributed by atoms with Crippen LogP contribution in [0.4, 0.5) is 0 Å². The molecule has 0 unspecified atom stereocenters. The Morgan fingerprint density at radius 2 is 1.64 bits per heavy atom. The van der Waals surface area contributed by atoms with E-state index in [0.29, 0.717) is 17.8 Å². The minimum Gasteiger partial charge on any atom is -0.304 e. The zero-order chi connectivity index (χ0) is 10.7. The molecule has 2 nitrogen and oxygen atoms in total. The average Bonchev–Trinajstić information content (AvgIpc) is 2.11. The lowest BCUT2D eigenvalue weighted by Gasteiger charge is -2.09. The predicted octanol–water partition coefficient (Wildman–Crippen LogP) is 2.91. The lowest BCUT2D eigenvalue weighted by molar-refractivity contribution is 1.19. The van der Waals surface area contributed by atoms with Gasteiger partial charge in [0, 0.05) is 12.1 Å². The first-order valence-electron chi connectivity index (χ1n) is 4.70.